The number of ether oxygens (including phenoxy) is 2. The molecule has 0 amide bonds. The van der Waals surface area contributed by atoms with Gasteiger partial charge in [-0.1, -0.05) is 0 Å². The van der Waals surface area contributed by atoms with E-state index in [-0.39, 0.29) is 5.97 Å². The molecular formula is C11H13Br2NO3. The summed E-state index contributed by atoms with van der Waals surface area (Å²) in [5.74, 6) is 0.367. The van der Waals surface area contributed by atoms with Crippen LogP contribution in [-0.4, -0.2) is 26.2 Å². The molecule has 94 valence electrons. The topological polar surface area (TPSA) is 47.6 Å². The minimum atomic E-state index is -0.429. The van der Waals surface area contributed by atoms with Crippen LogP contribution in [0.25, 0.3) is 0 Å². The van der Waals surface area contributed by atoms with Gasteiger partial charge in [-0.2, -0.15) is 0 Å². The van der Waals surface area contributed by atoms with Crippen LogP contribution >= 0.6 is 31.9 Å². The van der Waals surface area contributed by atoms with Crippen LogP contribution in [0.15, 0.2) is 21.1 Å². The van der Waals surface area contributed by atoms with Gasteiger partial charge < -0.3 is 14.8 Å². The van der Waals surface area contributed by atoms with Crippen molar-refractivity contribution >= 4 is 43.5 Å². The Kier molecular flexibility index (Phi) is 5.27. The number of rotatable bonds is 4. The average Bonchev–Trinajstić information content (AvgIpc) is 2.31. The monoisotopic (exact) mass is 365 g/mol. The summed E-state index contributed by atoms with van der Waals surface area (Å²) in [5.41, 5.74) is 0.767. The van der Waals surface area contributed by atoms with Crippen molar-refractivity contribution < 1.29 is 14.3 Å². The highest BCUT2D eigenvalue weighted by Crippen LogP contribution is 2.34. The summed E-state index contributed by atoms with van der Waals surface area (Å²) >= 11 is 6.79. The van der Waals surface area contributed by atoms with E-state index in [1.807, 2.05) is 6.07 Å². The fourth-order valence-electron chi connectivity index (χ4n) is 1.27. The Bertz CT molecular complexity index is 423. The smallest absolute Gasteiger partial charge is 0.327 e. The Hall–Kier alpha value is -0.750. The number of carbonyl (C=O) groups excluding carboxylic acids is 1. The van der Waals surface area contributed by atoms with Crippen LogP contribution in [0.2, 0.25) is 0 Å². The maximum Gasteiger partial charge on any atom is 0.327 e. The lowest BCUT2D eigenvalue weighted by Gasteiger charge is -2.15. The lowest BCUT2D eigenvalue weighted by Crippen LogP contribution is -2.27. The molecule has 0 saturated heterocycles. The van der Waals surface area contributed by atoms with Gasteiger partial charge in [0, 0.05) is 10.5 Å². The average molecular weight is 367 g/mol. The van der Waals surface area contributed by atoms with Gasteiger partial charge in [0.2, 0.25) is 0 Å². The molecule has 6 heteroatoms. The number of halogens is 2. The highest BCUT2D eigenvalue weighted by atomic mass is 79.9. The lowest BCUT2D eigenvalue weighted by atomic mass is 10.2. The van der Waals surface area contributed by atoms with Gasteiger partial charge in [-0.25, -0.2) is 4.79 Å². The SMILES string of the molecule is COC(=O)C(C)Nc1cc(OC)c(Br)cc1Br. The summed E-state index contributed by atoms with van der Waals surface area (Å²) in [5, 5.41) is 3.04. The van der Waals surface area contributed by atoms with Gasteiger partial charge in [0.15, 0.2) is 0 Å². The maximum absolute atomic E-state index is 11.3. The third kappa shape index (κ3) is 3.61. The predicted octanol–water partition coefficient (Wildman–Crippen LogP) is 3.19. The van der Waals surface area contributed by atoms with Crippen LogP contribution in [-0.2, 0) is 9.53 Å². The molecule has 0 aliphatic heterocycles. The zero-order valence-corrected chi connectivity index (χ0v) is 12.9. The van der Waals surface area contributed by atoms with E-state index in [2.05, 4.69) is 41.9 Å². The van der Waals surface area contributed by atoms with Crippen molar-refractivity contribution in [3.05, 3.63) is 21.1 Å². The standard InChI is InChI=1S/C11H13Br2NO3/c1-6(11(15)17-3)14-9-5-10(16-2)8(13)4-7(9)12/h4-6,14H,1-3H3. The molecule has 1 N–H and O–H groups in total. The molecule has 0 aliphatic carbocycles. The van der Waals surface area contributed by atoms with Gasteiger partial charge in [0.05, 0.1) is 24.4 Å². The molecule has 0 fully saturated rings. The summed E-state index contributed by atoms with van der Waals surface area (Å²) in [4.78, 5) is 11.3. The van der Waals surface area contributed by atoms with Gasteiger partial charge in [-0.05, 0) is 44.8 Å². The molecular weight excluding hydrogens is 354 g/mol. The summed E-state index contributed by atoms with van der Waals surface area (Å²) in [6, 6.07) is 3.22. The number of esters is 1. The Balaban J connectivity index is 2.94. The number of hydrogen-bond donors (Lipinski definition) is 1. The van der Waals surface area contributed by atoms with Gasteiger partial charge in [0.25, 0.3) is 0 Å². The second-order valence-corrected chi connectivity index (χ2v) is 5.06. The summed E-state index contributed by atoms with van der Waals surface area (Å²) in [7, 11) is 2.94. The molecule has 0 heterocycles. The molecule has 1 aromatic carbocycles. The molecule has 4 nitrogen and oxygen atoms in total. The molecule has 0 bridgehead atoms. The summed E-state index contributed by atoms with van der Waals surface area (Å²) in [6.45, 7) is 1.73. The molecule has 1 rings (SSSR count). The van der Waals surface area contributed by atoms with Gasteiger partial charge in [-0.15, -0.1) is 0 Å². The summed E-state index contributed by atoms with van der Waals surface area (Å²) < 4.78 is 11.5. The van der Waals surface area contributed by atoms with Crippen LogP contribution < -0.4 is 10.1 Å². The van der Waals surface area contributed by atoms with Crippen LogP contribution in [0.1, 0.15) is 6.92 Å². The Labute approximate surface area is 117 Å². The van der Waals surface area contributed by atoms with E-state index < -0.39 is 6.04 Å². The fraction of sp³-hybridized carbons (Fsp3) is 0.364. The molecule has 1 aromatic rings. The highest BCUT2D eigenvalue weighted by Gasteiger charge is 2.15. The highest BCUT2D eigenvalue weighted by molar-refractivity contribution is 9.11. The van der Waals surface area contributed by atoms with Crippen molar-refractivity contribution in [2.75, 3.05) is 19.5 Å². The first kappa shape index (κ1) is 14.3. The van der Waals surface area contributed by atoms with Crippen LogP contribution in [0.5, 0.6) is 5.75 Å². The summed E-state index contributed by atoms with van der Waals surface area (Å²) in [6.07, 6.45) is 0. The van der Waals surface area contributed by atoms with E-state index in [0.717, 1.165) is 14.6 Å². The van der Waals surface area contributed by atoms with Crippen LogP contribution in [0, 0.1) is 0 Å². The molecule has 0 aromatic heterocycles. The first-order valence-electron chi connectivity index (χ1n) is 4.87. The Morgan fingerprint density at radius 1 is 1.29 bits per heavy atom. The number of benzene rings is 1. The van der Waals surface area contributed by atoms with Crippen molar-refractivity contribution in [1.29, 1.82) is 0 Å². The van der Waals surface area contributed by atoms with Gasteiger partial charge >= 0.3 is 5.97 Å². The second-order valence-electron chi connectivity index (χ2n) is 3.36. The molecule has 1 unspecified atom stereocenters. The molecule has 0 aliphatic rings. The quantitative estimate of drug-likeness (QED) is 0.831. The van der Waals surface area contributed by atoms with Crippen molar-refractivity contribution in [3.63, 3.8) is 0 Å². The third-order valence-corrected chi connectivity index (χ3v) is 3.44. The first-order valence-corrected chi connectivity index (χ1v) is 6.45. The van der Waals surface area contributed by atoms with Crippen molar-refractivity contribution in [3.8, 4) is 5.75 Å². The number of nitrogens with one attached hydrogen (secondary N) is 1. The molecule has 0 spiro atoms. The van der Waals surface area contributed by atoms with E-state index in [1.54, 1.807) is 20.1 Å². The zero-order chi connectivity index (χ0) is 13.0. The van der Waals surface area contributed by atoms with E-state index in [4.69, 9.17) is 4.74 Å². The van der Waals surface area contributed by atoms with E-state index in [9.17, 15) is 4.79 Å². The van der Waals surface area contributed by atoms with E-state index >= 15 is 0 Å². The van der Waals surface area contributed by atoms with E-state index in [0.29, 0.717) is 5.75 Å². The third-order valence-electron chi connectivity index (χ3n) is 2.17. The minimum Gasteiger partial charge on any atom is -0.495 e. The molecule has 0 saturated carbocycles. The van der Waals surface area contributed by atoms with Crippen molar-refractivity contribution in [2.45, 2.75) is 13.0 Å². The number of methoxy groups -OCH3 is 2. The fourth-order valence-corrected chi connectivity index (χ4v) is 2.54. The molecule has 17 heavy (non-hydrogen) atoms. The largest absolute Gasteiger partial charge is 0.495 e. The first-order chi connectivity index (χ1) is 7.99. The number of anilines is 1. The molecule has 0 radical (unpaired) electrons. The lowest BCUT2D eigenvalue weighted by molar-refractivity contribution is -0.141. The van der Waals surface area contributed by atoms with Crippen LogP contribution in [0.3, 0.4) is 0 Å². The maximum atomic E-state index is 11.3. The van der Waals surface area contributed by atoms with Crippen LogP contribution in [0.4, 0.5) is 5.69 Å². The Morgan fingerprint density at radius 3 is 2.47 bits per heavy atom. The van der Waals surface area contributed by atoms with Gasteiger partial charge in [-0.3, -0.25) is 0 Å². The van der Waals surface area contributed by atoms with E-state index in [1.165, 1.54) is 7.11 Å². The van der Waals surface area contributed by atoms with Crippen molar-refractivity contribution in [1.82, 2.24) is 0 Å². The number of hydrogen-bond acceptors (Lipinski definition) is 4. The molecule has 1 atom stereocenters. The predicted molar refractivity (Wildman–Crippen MR) is 73.5 cm³/mol. The second kappa shape index (κ2) is 6.26. The Morgan fingerprint density at radius 2 is 1.94 bits per heavy atom. The minimum absolute atomic E-state index is 0.321. The number of carbonyl (C=O) groups is 1. The van der Waals surface area contributed by atoms with Crippen molar-refractivity contribution in [2.24, 2.45) is 0 Å². The van der Waals surface area contributed by atoms with Gasteiger partial charge in [0.1, 0.15) is 11.8 Å². The normalized spacial score (nSPS) is 11.8. The zero-order valence-electron chi connectivity index (χ0n) is 9.71.